The summed E-state index contributed by atoms with van der Waals surface area (Å²) < 4.78 is 71.1. The van der Waals surface area contributed by atoms with E-state index >= 15 is 0 Å². The zero-order valence-electron chi connectivity index (χ0n) is 14.8. The van der Waals surface area contributed by atoms with E-state index in [4.69, 9.17) is 0 Å². The lowest BCUT2D eigenvalue weighted by Crippen LogP contribution is -2.42. The Balaban J connectivity index is 2.01. The Morgan fingerprint density at radius 1 is 1.30 bits per heavy atom. The number of sulfone groups is 2. The van der Waals surface area contributed by atoms with Gasteiger partial charge in [-0.05, 0) is 43.7 Å². The monoisotopic (exact) mass is 424 g/mol. The van der Waals surface area contributed by atoms with Crippen LogP contribution in [-0.2, 0) is 24.5 Å². The van der Waals surface area contributed by atoms with Crippen molar-refractivity contribution in [1.82, 2.24) is 4.90 Å². The molecule has 11 heteroatoms. The molecule has 2 rings (SSSR count). The second-order valence-electron chi connectivity index (χ2n) is 6.41. The number of hydrogen-bond acceptors (Lipinski definition) is 6. The zero-order valence-corrected chi connectivity index (χ0v) is 16.4. The molecule has 0 aliphatic carbocycles. The van der Waals surface area contributed by atoms with E-state index in [1.165, 1.54) is 12.1 Å². The van der Waals surface area contributed by atoms with E-state index < -0.39 is 36.2 Å². The fourth-order valence-electron chi connectivity index (χ4n) is 2.96. The average Bonchev–Trinajstić information content (AvgIpc) is 2.94. The molecule has 152 valence electrons. The molecule has 1 aliphatic heterocycles. The highest BCUT2D eigenvalue weighted by Crippen LogP contribution is 2.21. The molecular weight excluding hydrogens is 402 g/mol. The van der Waals surface area contributed by atoms with Crippen molar-refractivity contribution in [3.05, 3.63) is 24.3 Å². The first kappa shape index (κ1) is 21.7. The minimum absolute atomic E-state index is 0.00882. The predicted octanol–water partition coefficient (Wildman–Crippen LogP) is 1.52. The third-order valence-electron chi connectivity index (χ3n) is 4.28. The molecule has 1 fully saturated rings. The van der Waals surface area contributed by atoms with Crippen LogP contribution in [0.4, 0.5) is 14.5 Å². The lowest BCUT2D eigenvalue weighted by Gasteiger charge is -2.26. The van der Waals surface area contributed by atoms with Gasteiger partial charge < -0.3 is 5.32 Å². The van der Waals surface area contributed by atoms with E-state index in [0.29, 0.717) is 13.0 Å². The molecule has 27 heavy (non-hydrogen) atoms. The molecule has 1 amide bonds. The Bertz CT molecular complexity index is 871. The summed E-state index contributed by atoms with van der Waals surface area (Å²) in [5.41, 5.74) is 0.267. The van der Waals surface area contributed by atoms with Gasteiger partial charge in [0.25, 0.3) is 0 Å². The van der Waals surface area contributed by atoms with Crippen molar-refractivity contribution in [3.63, 3.8) is 0 Å². The van der Waals surface area contributed by atoms with Crippen LogP contribution in [0.3, 0.4) is 0 Å². The summed E-state index contributed by atoms with van der Waals surface area (Å²) in [6.45, 7) is 2.49. The molecular formula is C16H22F2N2O5S2. The van der Waals surface area contributed by atoms with Gasteiger partial charge in [0.2, 0.25) is 15.7 Å². The van der Waals surface area contributed by atoms with Crippen molar-refractivity contribution >= 4 is 31.3 Å². The van der Waals surface area contributed by atoms with E-state index in [1.54, 1.807) is 0 Å². The smallest absolute Gasteiger partial charge is 0.325 e. The second kappa shape index (κ2) is 8.61. The number of benzene rings is 1. The van der Waals surface area contributed by atoms with E-state index in [9.17, 15) is 30.4 Å². The second-order valence-corrected chi connectivity index (χ2v) is 10.6. The number of carbonyl (C=O) groups is 1. The van der Waals surface area contributed by atoms with Crippen LogP contribution in [0.1, 0.15) is 19.8 Å². The number of carbonyl (C=O) groups excluding carboxylic acids is 1. The summed E-state index contributed by atoms with van der Waals surface area (Å²) in [5, 5.41) is 2.57. The van der Waals surface area contributed by atoms with Crippen LogP contribution < -0.4 is 5.32 Å². The number of rotatable bonds is 8. The van der Waals surface area contributed by atoms with Crippen LogP contribution in [0.5, 0.6) is 0 Å². The number of hydrogen-bond donors (Lipinski definition) is 1. The first-order valence-corrected chi connectivity index (χ1v) is 11.8. The first-order valence-electron chi connectivity index (χ1n) is 8.41. The van der Waals surface area contributed by atoms with Gasteiger partial charge in [-0.3, -0.25) is 9.69 Å². The topological polar surface area (TPSA) is 101 Å². The van der Waals surface area contributed by atoms with Crippen LogP contribution in [0.2, 0.25) is 0 Å². The minimum atomic E-state index is -4.68. The molecule has 7 nitrogen and oxygen atoms in total. The lowest BCUT2D eigenvalue weighted by molar-refractivity contribution is -0.117. The standard InChI is InChI=1S/C16H22F2N2O5S2/c1-2-8-20(13-7-9-26(22,23)11-13)10-15(21)19-12-3-5-14(6-4-12)27(24,25)16(17)18/h3-6,13,16H,2,7-11H2,1H3,(H,19,21). The highest BCUT2D eigenvalue weighted by atomic mass is 32.2. The number of anilines is 1. The Kier molecular flexibility index (Phi) is 6.92. The van der Waals surface area contributed by atoms with Crippen molar-refractivity contribution in [2.24, 2.45) is 0 Å². The van der Waals surface area contributed by atoms with Crippen molar-refractivity contribution in [3.8, 4) is 0 Å². The number of amides is 1. The van der Waals surface area contributed by atoms with Crippen LogP contribution in [0.25, 0.3) is 0 Å². The van der Waals surface area contributed by atoms with Gasteiger partial charge in [0, 0.05) is 11.7 Å². The van der Waals surface area contributed by atoms with Crippen LogP contribution >= 0.6 is 0 Å². The molecule has 1 atom stereocenters. The van der Waals surface area contributed by atoms with Crippen molar-refractivity contribution < 1.29 is 30.4 Å². The molecule has 1 aromatic carbocycles. The van der Waals surface area contributed by atoms with Gasteiger partial charge in [0.05, 0.1) is 22.9 Å². The van der Waals surface area contributed by atoms with Crippen molar-refractivity contribution in [1.29, 1.82) is 0 Å². The number of nitrogens with one attached hydrogen (secondary N) is 1. The maximum atomic E-state index is 12.5. The van der Waals surface area contributed by atoms with Gasteiger partial charge in [-0.25, -0.2) is 16.8 Å². The largest absolute Gasteiger partial charge is 0.341 e. The zero-order chi connectivity index (χ0) is 20.2. The van der Waals surface area contributed by atoms with Crippen molar-refractivity contribution in [2.75, 3.05) is 29.9 Å². The molecule has 0 bridgehead atoms. The SMILES string of the molecule is CCCN(CC(=O)Nc1ccc(S(=O)(=O)C(F)F)cc1)C1CCS(=O)(=O)C1. The summed E-state index contributed by atoms with van der Waals surface area (Å²) in [7, 11) is -7.75. The van der Waals surface area contributed by atoms with Gasteiger partial charge in [0.15, 0.2) is 9.84 Å². The average molecular weight is 424 g/mol. The Labute approximate surface area is 157 Å². The summed E-state index contributed by atoms with van der Waals surface area (Å²) in [4.78, 5) is 13.6. The van der Waals surface area contributed by atoms with Gasteiger partial charge in [-0.15, -0.1) is 0 Å². The fraction of sp³-hybridized carbons (Fsp3) is 0.562. The molecule has 1 aromatic rings. The van der Waals surface area contributed by atoms with Gasteiger partial charge >= 0.3 is 5.76 Å². The van der Waals surface area contributed by atoms with E-state index in [0.717, 1.165) is 18.6 Å². The summed E-state index contributed by atoms with van der Waals surface area (Å²) in [6, 6.07) is 4.27. The third kappa shape index (κ3) is 5.69. The summed E-state index contributed by atoms with van der Waals surface area (Å²) >= 11 is 0. The number of alkyl halides is 2. The molecule has 0 aromatic heterocycles. The van der Waals surface area contributed by atoms with Crippen LogP contribution in [-0.4, -0.2) is 64.0 Å². The predicted molar refractivity (Wildman–Crippen MR) is 97.2 cm³/mol. The highest BCUT2D eigenvalue weighted by molar-refractivity contribution is 7.92. The van der Waals surface area contributed by atoms with E-state index in [2.05, 4.69) is 5.32 Å². The molecule has 1 unspecified atom stereocenters. The molecule has 0 spiro atoms. The minimum Gasteiger partial charge on any atom is -0.325 e. The van der Waals surface area contributed by atoms with Gasteiger partial charge in [-0.1, -0.05) is 6.92 Å². The quantitative estimate of drug-likeness (QED) is 0.679. The maximum absolute atomic E-state index is 12.5. The van der Waals surface area contributed by atoms with Gasteiger partial charge in [-0.2, -0.15) is 8.78 Å². The maximum Gasteiger partial charge on any atom is 0.341 e. The number of nitrogens with zero attached hydrogens (tertiary/aromatic N) is 1. The molecule has 1 N–H and O–H groups in total. The van der Waals surface area contributed by atoms with Crippen molar-refractivity contribution in [2.45, 2.75) is 36.5 Å². The third-order valence-corrected chi connectivity index (χ3v) is 7.43. The highest BCUT2D eigenvalue weighted by Gasteiger charge is 2.32. The Morgan fingerprint density at radius 3 is 2.41 bits per heavy atom. The van der Waals surface area contributed by atoms with E-state index in [1.807, 2.05) is 11.8 Å². The summed E-state index contributed by atoms with van der Waals surface area (Å²) in [6.07, 6.45) is 1.24. The molecule has 0 radical (unpaired) electrons. The molecule has 1 saturated heterocycles. The Hall–Kier alpha value is -1.59. The molecule has 1 aliphatic rings. The van der Waals surface area contributed by atoms with E-state index in [-0.39, 0.29) is 29.8 Å². The van der Waals surface area contributed by atoms with Gasteiger partial charge in [0.1, 0.15) is 0 Å². The molecule has 0 saturated carbocycles. The van der Waals surface area contributed by atoms with Crippen LogP contribution in [0.15, 0.2) is 29.2 Å². The Morgan fingerprint density at radius 2 is 1.93 bits per heavy atom. The normalized spacial score (nSPS) is 19.5. The first-order chi connectivity index (χ1) is 12.5. The number of halogens is 2. The fourth-order valence-corrected chi connectivity index (χ4v) is 5.44. The lowest BCUT2D eigenvalue weighted by atomic mass is 10.2. The summed E-state index contributed by atoms with van der Waals surface area (Å²) in [5.74, 6) is -3.76. The van der Waals surface area contributed by atoms with Crippen LogP contribution in [0, 0.1) is 0 Å². The molecule has 1 heterocycles.